The molecule has 0 atom stereocenters. The first-order valence-corrected chi connectivity index (χ1v) is 9.92. The van der Waals surface area contributed by atoms with Gasteiger partial charge in [-0.3, -0.25) is 4.79 Å². The molecule has 6 nitrogen and oxygen atoms in total. The second kappa shape index (κ2) is 7.45. The van der Waals surface area contributed by atoms with Crippen LogP contribution in [0.3, 0.4) is 0 Å². The molecule has 0 saturated carbocycles. The molecule has 0 radical (unpaired) electrons. The minimum Gasteiger partial charge on any atom is -0.486 e. The molecule has 1 heterocycles. The van der Waals surface area contributed by atoms with Crippen LogP contribution in [0.2, 0.25) is 0 Å². The number of benzene rings is 2. The summed E-state index contributed by atoms with van der Waals surface area (Å²) in [7, 11) is -3.95. The smallest absolute Gasteiger partial charge is 0.264 e. The highest BCUT2D eigenvalue weighted by Gasteiger charge is 2.21. The van der Waals surface area contributed by atoms with E-state index in [1.54, 1.807) is 0 Å². The number of carbonyl (C=O) groups is 1. The molecule has 2 aromatic rings. The molecule has 8 heteroatoms. The zero-order chi connectivity index (χ0) is 17.9. The Morgan fingerprint density at radius 3 is 2.56 bits per heavy atom. The highest BCUT2D eigenvalue weighted by atomic mass is 79.9. The van der Waals surface area contributed by atoms with Crippen LogP contribution in [0.15, 0.2) is 51.8 Å². The summed E-state index contributed by atoms with van der Waals surface area (Å²) in [4.78, 5) is 12.0. The largest absolute Gasteiger partial charge is 0.486 e. The van der Waals surface area contributed by atoms with Crippen LogP contribution < -0.4 is 14.2 Å². The Morgan fingerprint density at radius 1 is 1.08 bits per heavy atom. The first-order valence-electron chi connectivity index (χ1n) is 7.64. The van der Waals surface area contributed by atoms with E-state index in [0.717, 1.165) is 10.0 Å². The summed E-state index contributed by atoms with van der Waals surface area (Å²) < 4.78 is 38.5. The van der Waals surface area contributed by atoms with Crippen molar-refractivity contribution in [3.05, 3.63) is 52.5 Å². The van der Waals surface area contributed by atoms with Crippen LogP contribution in [0.5, 0.6) is 11.5 Å². The van der Waals surface area contributed by atoms with Crippen LogP contribution in [0, 0.1) is 0 Å². The number of carbonyl (C=O) groups excluding carboxylic acids is 1. The fourth-order valence-electron chi connectivity index (χ4n) is 2.40. The van der Waals surface area contributed by atoms with Crippen molar-refractivity contribution in [3.8, 4) is 11.5 Å². The van der Waals surface area contributed by atoms with Gasteiger partial charge in [0.2, 0.25) is 5.91 Å². The van der Waals surface area contributed by atoms with Crippen LogP contribution in [0.1, 0.15) is 12.0 Å². The Balaban J connectivity index is 1.66. The van der Waals surface area contributed by atoms with E-state index >= 15 is 0 Å². The average molecular weight is 426 g/mol. The maximum absolute atomic E-state index is 12.4. The molecule has 0 saturated heterocycles. The third kappa shape index (κ3) is 4.32. The number of aryl methyl sites for hydroxylation is 1. The van der Waals surface area contributed by atoms with Gasteiger partial charge in [-0.05, 0) is 30.2 Å². The summed E-state index contributed by atoms with van der Waals surface area (Å²) in [5.74, 6) is 0.283. The summed E-state index contributed by atoms with van der Waals surface area (Å²) in [6, 6.07) is 11.8. The number of fused-ring (bicyclic) bond motifs is 1. The third-order valence-electron chi connectivity index (χ3n) is 3.65. The van der Waals surface area contributed by atoms with Gasteiger partial charge in [-0.2, -0.15) is 0 Å². The Kier molecular flexibility index (Phi) is 5.29. The van der Waals surface area contributed by atoms with Crippen LogP contribution in [0.25, 0.3) is 0 Å². The molecule has 1 N–H and O–H groups in total. The molecule has 0 spiro atoms. The van der Waals surface area contributed by atoms with E-state index in [9.17, 15) is 13.2 Å². The average Bonchev–Trinajstić information content (AvgIpc) is 2.60. The lowest BCUT2D eigenvalue weighted by Gasteiger charge is -2.18. The van der Waals surface area contributed by atoms with Crippen molar-refractivity contribution >= 4 is 31.9 Å². The van der Waals surface area contributed by atoms with Crippen LogP contribution in [0.4, 0.5) is 0 Å². The van der Waals surface area contributed by atoms with Gasteiger partial charge in [0.05, 0.1) is 4.90 Å². The molecule has 0 unspecified atom stereocenters. The number of sulfonamides is 1. The Bertz CT molecular complexity index is 898. The maximum Gasteiger partial charge on any atom is 0.264 e. The van der Waals surface area contributed by atoms with Crippen LogP contribution in [-0.4, -0.2) is 27.5 Å². The van der Waals surface area contributed by atoms with Gasteiger partial charge in [0, 0.05) is 17.0 Å². The van der Waals surface area contributed by atoms with Gasteiger partial charge in [-0.15, -0.1) is 0 Å². The number of halogens is 1. The molecule has 1 aliphatic heterocycles. The molecule has 0 aliphatic carbocycles. The quantitative estimate of drug-likeness (QED) is 0.795. The lowest BCUT2D eigenvalue weighted by Crippen LogP contribution is -2.30. The highest BCUT2D eigenvalue weighted by molar-refractivity contribution is 9.10. The second-order valence-electron chi connectivity index (χ2n) is 5.43. The minimum absolute atomic E-state index is 0.0361. The maximum atomic E-state index is 12.4. The van der Waals surface area contributed by atoms with Crippen LogP contribution >= 0.6 is 15.9 Å². The summed E-state index contributed by atoms with van der Waals surface area (Å²) in [5, 5.41) is 0. The van der Waals surface area contributed by atoms with Crippen molar-refractivity contribution in [3.63, 3.8) is 0 Å². The molecular weight excluding hydrogens is 410 g/mol. The molecule has 3 rings (SSSR count). The van der Waals surface area contributed by atoms with Gasteiger partial charge in [0.25, 0.3) is 10.0 Å². The number of rotatable bonds is 5. The van der Waals surface area contributed by atoms with Crippen molar-refractivity contribution in [2.24, 2.45) is 0 Å². The zero-order valence-corrected chi connectivity index (χ0v) is 15.6. The van der Waals surface area contributed by atoms with Gasteiger partial charge in [-0.1, -0.05) is 34.1 Å². The Morgan fingerprint density at radius 2 is 1.80 bits per heavy atom. The summed E-state index contributed by atoms with van der Waals surface area (Å²) in [5.41, 5.74) is 0.939. The summed E-state index contributed by atoms with van der Waals surface area (Å²) in [6.07, 6.45) is 0.496. The van der Waals surface area contributed by atoms with Gasteiger partial charge < -0.3 is 9.47 Å². The zero-order valence-electron chi connectivity index (χ0n) is 13.2. The van der Waals surface area contributed by atoms with Crippen molar-refractivity contribution in [2.75, 3.05) is 13.2 Å². The first-order chi connectivity index (χ1) is 12.0. The molecule has 1 amide bonds. The van der Waals surface area contributed by atoms with Crippen LogP contribution in [-0.2, 0) is 21.2 Å². The number of nitrogens with one attached hydrogen (secondary N) is 1. The molecule has 132 valence electrons. The van der Waals surface area contributed by atoms with E-state index in [1.165, 1.54) is 18.2 Å². The van der Waals surface area contributed by atoms with E-state index in [1.807, 2.05) is 24.3 Å². The molecule has 1 aliphatic rings. The van der Waals surface area contributed by atoms with Crippen molar-refractivity contribution < 1.29 is 22.7 Å². The minimum atomic E-state index is -3.95. The molecule has 0 aromatic heterocycles. The lowest BCUT2D eigenvalue weighted by atomic mass is 10.1. The van der Waals surface area contributed by atoms with Crippen molar-refractivity contribution in [2.45, 2.75) is 17.7 Å². The van der Waals surface area contributed by atoms with E-state index < -0.39 is 15.9 Å². The number of ether oxygens (including phenoxy) is 2. The second-order valence-corrected chi connectivity index (χ2v) is 7.96. The van der Waals surface area contributed by atoms with E-state index in [2.05, 4.69) is 20.7 Å². The number of hydrogen-bond donors (Lipinski definition) is 1. The van der Waals surface area contributed by atoms with Crippen molar-refractivity contribution in [1.29, 1.82) is 0 Å². The monoisotopic (exact) mass is 425 g/mol. The first kappa shape index (κ1) is 17.8. The van der Waals surface area contributed by atoms with E-state index in [4.69, 9.17) is 9.47 Å². The molecular formula is C17H16BrNO5S. The SMILES string of the molecule is O=C(CCc1ccccc1Br)NS(=O)(=O)c1ccc2c(c1)OCCO2. The summed E-state index contributed by atoms with van der Waals surface area (Å²) >= 11 is 3.40. The molecule has 25 heavy (non-hydrogen) atoms. The normalized spacial score (nSPS) is 13.3. The molecule has 0 fully saturated rings. The van der Waals surface area contributed by atoms with Gasteiger partial charge in [0.15, 0.2) is 11.5 Å². The van der Waals surface area contributed by atoms with Gasteiger partial charge in [-0.25, -0.2) is 13.1 Å². The van der Waals surface area contributed by atoms with Crippen molar-refractivity contribution in [1.82, 2.24) is 4.72 Å². The standard InChI is InChI=1S/C17H16BrNO5S/c18-14-4-2-1-3-12(14)5-8-17(20)19-25(21,22)13-6-7-15-16(11-13)24-10-9-23-15/h1-4,6-7,11H,5,8-10H2,(H,19,20). The van der Waals surface area contributed by atoms with Gasteiger partial charge >= 0.3 is 0 Å². The predicted molar refractivity (Wildman–Crippen MR) is 95.2 cm³/mol. The summed E-state index contributed by atoms with van der Waals surface area (Å²) in [6.45, 7) is 0.777. The fourth-order valence-corrected chi connectivity index (χ4v) is 3.91. The molecule has 2 aromatic carbocycles. The fraction of sp³-hybridized carbons (Fsp3) is 0.235. The lowest BCUT2D eigenvalue weighted by molar-refractivity contribution is -0.119. The Labute approximate surface area is 154 Å². The van der Waals surface area contributed by atoms with E-state index in [-0.39, 0.29) is 11.3 Å². The van der Waals surface area contributed by atoms with Gasteiger partial charge in [0.1, 0.15) is 13.2 Å². The molecule has 0 bridgehead atoms. The predicted octanol–water partition coefficient (Wildman–Crippen LogP) is 2.66. The number of amides is 1. The van der Waals surface area contributed by atoms with E-state index in [0.29, 0.717) is 31.1 Å². The highest BCUT2D eigenvalue weighted by Crippen LogP contribution is 2.32. The Hall–Kier alpha value is -2.06. The number of hydrogen-bond acceptors (Lipinski definition) is 5. The topological polar surface area (TPSA) is 81.7 Å². The third-order valence-corrected chi connectivity index (χ3v) is 5.80.